The second kappa shape index (κ2) is 5.88. The van der Waals surface area contributed by atoms with E-state index in [1.165, 1.54) is 25.7 Å². The van der Waals surface area contributed by atoms with Crippen LogP contribution in [0.2, 0.25) is 0 Å². The van der Waals surface area contributed by atoms with E-state index in [0.29, 0.717) is 5.92 Å². The van der Waals surface area contributed by atoms with Gasteiger partial charge in [0.2, 0.25) is 0 Å². The van der Waals surface area contributed by atoms with E-state index < -0.39 is 0 Å². The molecule has 0 radical (unpaired) electrons. The Kier molecular flexibility index (Phi) is 3.93. The largest absolute Gasteiger partial charge is 0.508 e. The molecule has 3 rings (SSSR count). The predicted molar refractivity (Wildman–Crippen MR) is 89.1 cm³/mol. The summed E-state index contributed by atoms with van der Waals surface area (Å²) in [7, 11) is 0. The van der Waals surface area contributed by atoms with Crippen molar-refractivity contribution < 1.29 is 10.2 Å². The van der Waals surface area contributed by atoms with Gasteiger partial charge < -0.3 is 10.2 Å². The lowest BCUT2D eigenvalue weighted by Gasteiger charge is -2.38. The lowest BCUT2D eigenvalue weighted by atomic mass is 9.65. The van der Waals surface area contributed by atoms with E-state index in [-0.39, 0.29) is 16.9 Å². The third-order valence-corrected chi connectivity index (χ3v) is 5.01. The van der Waals surface area contributed by atoms with E-state index >= 15 is 0 Å². The SMILES string of the molecule is C=CC(c1ccc(O)cc1)(c1ccc(O)cc1)C1CCCC1. The molecule has 0 bridgehead atoms. The first-order chi connectivity index (χ1) is 10.7. The summed E-state index contributed by atoms with van der Waals surface area (Å²) in [6.45, 7) is 4.15. The molecule has 0 aromatic heterocycles. The first-order valence-corrected chi connectivity index (χ1v) is 7.89. The smallest absolute Gasteiger partial charge is 0.115 e. The Morgan fingerprint density at radius 1 is 0.818 bits per heavy atom. The lowest BCUT2D eigenvalue weighted by molar-refractivity contribution is 0.392. The van der Waals surface area contributed by atoms with Crippen LogP contribution in [0.3, 0.4) is 0 Å². The highest BCUT2D eigenvalue weighted by Crippen LogP contribution is 2.48. The van der Waals surface area contributed by atoms with Crippen molar-refractivity contribution in [2.45, 2.75) is 31.1 Å². The van der Waals surface area contributed by atoms with E-state index in [9.17, 15) is 10.2 Å². The molecule has 0 spiro atoms. The van der Waals surface area contributed by atoms with Gasteiger partial charge in [0.15, 0.2) is 0 Å². The average molecular weight is 294 g/mol. The molecule has 0 unspecified atom stereocenters. The molecular weight excluding hydrogens is 272 g/mol. The lowest BCUT2D eigenvalue weighted by Crippen LogP contribution is -2.33. The van der Waals surface area contributed by atoms with Crippen LogP contribution < -0.4 is 0 Å². The van der Waals surface area contributed by atoms with Crippen LogP contribution in [0.25, 0.3) is 0 Å². The van der Waals surface area contributed by atoms with Gasteiger partial charge in [-0.3, -0.25) is 0 Å². The molecule has 1 aliphatic carbocycles. The van der Waals surface area contributed by atoms with Gasteiger partial charge in [-0.2, -0.15) is 0 Å². The summed E-state index contributed by atoms with van der Waals surface area (Å²) >= 11 is 0. The fourth-order valence-electron chi connectivity index (χ4n) is 3.90. The molecule has 0 atom stereocenters. The Bertz CT molecular complexity index is 589. The van der Waals surface area contributed by atoms with Crippen molar-refractivity contribution in [3.63, 3.8) is 0 Å². The summed E-state index contributed by atoms with van der Waals surface area (Å²) in [5, 5.41) is 19.2. The molecule has 2 nitrogen and oxygen atoms in total. The molecule has 1 aliphatic rings. The van der Waals surface area contributed by atoms with Gasteiger partial charge in [-0.15, -0.1) is 6.58 Å². The number of benzene rings is 2. The van der Waals surface area contributed by atoms with E-state index in [1.807, 2.05) is 30.3 Å². The maximum absolute atomic E-state index is 9.61. The molecule has 0 amide bonds. The van der Waals surface area contributed by atoms with Gasteiger partial charge in [-0.1, -0.05) is 43.2 Å². The highest BCUT2D eigenvalue weighted by molar-refractivity contribution is 5.47. The van der Waals surface area contributed by atoms with Gasteiger partial charge in [0.25, 0.3) is 0 Å². The number of phenolic OH excluding ortho intramolecular Hbond substituents is 2. The van der Waals surface area contributed by atoms with E-state index in [4.69, 9.17) is 0 Å². The summed E-state index contributed by atoms with van der Waals surface area (Å²) in [5.41, 5.74) is 2.04. The molecule has 0 heterocycles. The Morgan fingerprint density at radius 3 is 1.59 bits per heavy atom. The van der Waals surface area contributed by atoms with Gasteiger partial charge in [0.1, 0.15) is 11.5 Å². The molecule has 22 heavy (non-hydrogen) atoms. The maximum atomic E-state index is 9.61. The summed E-state index contributed by atoms with van der Waals surface area (Å²) in [6.07, 6.45) is 6.89. The summed E-state index contributed by atoms with van der Waals surface area (Å²) in [5.74, 6) is 1.05. The molecule has 114 valence electrons. The standard InChI is InChI=1S/C20H22O2/c1-2-20(15-5-3-4-6-15,16-7-11-18(21)12-8-16)17-9-13-19(22)14-10-17/h2,7-15,21-22H,1,3-6H2. The first-order valence-electron chi connectivity index (χ1n) is 7.89. The van der Waals surface area contributed by atoms with Gasteiger partial charge in [-0.25, -0.2) is 0 Å². The third kappa shape index (κ3) is 2.39. The molecule has 1 fully saturated rings. The molecule has 2 heteroatoms. The molecular formula is C20H22O2. The molecule has 2 aromatic rings. The summed E-state index contributed by atoms with van der Waals surface area (Å²) < 4.78 is 0. The van der Waals surface area contributed by atoms with Crippen LogP contribution >= 0.6 is 0 Å². The van der Waals surface area contributed by atoms with Crippen LogP contribution in [0.1, 0.15) is 36.8 Å². The second-order valence-electron chi connectivity index (χ2n) is 6.15. The Balaban J connectivity index is 2.17. The van der Waals surface area contributed by atoms with Crippen LogP contribution in [0.15, 0.2) is 61.2 Å². The number of hydrogen-bond acceptors (Lipinski definition) is 2. The topological polar surface area (TPSA) is 40.5 Å². The zero-order valence-corrected chi connectivity index (χ0v) is 12.7. The van der Waals surface area contributed by atoms with E-state index in [1.54, 1.807) is 24.3 Å². The number of aromatic hydroxyl groups is 2. The number of allylic oxidation sites excluding steroid dienone is 1. The molecule has 0 aliphatic heterocycles. The summed E-state index contributed by atoms with van der Waals surface area (Å²) in [6, 6.07) is 14.9. The van der Waals surface area contributed by atoms with Gasteiger partial charge >= 0.3 is 0 Å². The minimum absolute atomic E-state index is 0.266. The van der Waals surface area contributed by atoms with Crippen molar-refractivity contribution in [2.24, 2.45) is 5.92 Å². The van der Waals surface area contributed by atoms with Crippen molar-refractivity contribution in [3.05, 3.63) is 72.3 Å². The molecule has 2 aromatic carbocycles. The van der Waals surface area contributed by atoms with Crippen LogP contribution in [0, 0.1) is 5.92 Å². The molecule has 1 saturated carbocycles. The van der Waals surface area contributed by atoms with Gasteiger partial charge in [0, 0.05) is 5.41 Å². The van der Waals surface area contributed by atoms with Crippen LogP contribution in [0.4, 0.5) is 0 Å². The second-order valence-corrected chi connectivity index (χ2v) is 6.15. The van der Waals surface area contributed by atoms with Crippen molar-refractivity contribution in [3.8, 4) is 11.5 Å². The Labute approximate surface area is 131 Å². The molecule has 2 N–H and O–H groups in total. The van der Waals surface area contributed by atoms with Crippen molar-refractivity contribution in [2.75, 3.05) is 0 Å². The number of rotatable bonds is 4. The van der Waals surface area contributed by atoms with E-state index in [0.717, 1.165) is 11.1 Å². The quantitative estimate of drug-likeness (QED) is 0.798. The first kappa shape index (κ1) is 14.7. The highest BCUT2D eigenvalue weighted by Gasteiger charge is 2.40. The zero-order chi connectivity index (χ0) is 15.6. The fraction of sp³-hybridized carbons (Fsp3) is 0.300. The summed E-state index contributed by atoms with van der Waals surface area (Å²) in [4.78, 5) is 0. The predicted octanol–water partition coefficient (Wildman–Crippen LogP) is 4.76. The average Bonchev–Trinajstić information content (AvgIpc) is 3.07. The van der Waals surface area contributed by atoms with Gasteiger partial charge in [-0.05, 0) is 54.2 Å². The minimum atomic E-state index is -0.266. The van der Waals surface area contributed by atoms with Crippen LogP contribution in [-0.4, -0.2) is 10.2 Å². The monoisotopic (exact) mass is 294 g/mol. The highest BCUT2D eigenvalue weighted by atomic mass is 16.3. The minimum Gasteiger partial charge on any atom is -0.508 e. The Hall–Kier alpha value is -2.22. The van der Waals surface area contributed by atoms with Crippen LogP contribution in [-0.2, 0) is 5.41 Å². The fourth-order valence-corrected chi connectivity index (χ4v) is 3.90. The van der Waals surface area contributed by atoms with Crippen molar-refractivity contribution in [1.29, 1.82) is 0 Å². The van der Waals surface area contributed by atoms with Crippen molar-refractivity contribution in [1.82, 2.24) is 0 Å². The normalized spacial score (nSPS) is 15.8. The van der Waals surface area contributed by atoms with E-state index in [2.05, 4.69) is 6.58 Å². The molecule has 0 saturated heterocycles. The number of phenols is 2. The number of hydrogen-bond donors (Lipinski definition) is 2. The van der Waals surface area contributed by atoms with Gasteiger partial charge in [0.05, 0.1) is 0 Å². The zero-order valence-electron chi connectivity index (χ0n) is 12.7. The maximum Gasteiger partial charge on any atom is 0.115 e. The van der Waals surface area contributed by atoms with Crippen molar-refractivity contribution >= 4 is 0 Å². The Morgan fingerprint density at radius 2 is 1.23 bits per heavy atom. The third-order valence-electron chi connectivity index (χ3n) is 5.01. The van der Waals surface area contributed by atoms with Crippen LogP contribution in [0.5, 0.6) is 11.5 Å².